The summed E-state index contributed by atoms with van der Waals surface area (Å²) in [6, 6.07) is 7.25. The molecule has 9 heteroatoms. The van der Waals surface area contributed by atoms with Crippen LogP contribution in [0, 0.1) is 0 Å². The molecule has 0 spiro atoms. The van der Waals surface area contributed by atoms with E-state index in [9.17, 15) is 0 Å². The first-order valence-corrected chi connectivity index (χ1v) is 9.89. The van der Waals surface area contributed by atoms with Gasteiger partial charge >= 0.3 is 0 Å². The molecule has 2 aliphatic rings. The summed E-state index contributed by atoms with van der Waals surface area (Å²) in [5, 5.41) is 12.6. The van der Waals surface area contributed by atoms with Gasteiger partial charge in [0, 0.05) is 45.3 Å². The molecular formula is C19H25N9. The van der Waals surface area contributed by atoms with Crippen LogP contribution in [0.1, 0.15) is 25.7 Å². The molecular weight excluding hydrogens is 354 g/mol. The molecule has 0 radical (unpaired) electrons. The summed E-state index contributed by atoms with van der Waals surface area (Å²) in [5.41, 5.74) is 0.777. The van der Waals surface area contributed by atoms with Crippen molar-refractivity contribution in [1.29, 1.82) is 0 Å². The lowest BCUT2D eigenvalue weighted by atomic mass is 10.0. The van der Waals surface area contributed by atoms with Gasteiger partial charge in [0.2, 0.25) is 0 Å². The molecule has 146 valence electrons. The first-order chi connectivity index (χ1) is 13.7. The molecule has 2 fully saturated rings. The second-order valence-electron chi connectivity index (χ2n) is 7.81. The van der Waals surface area contributed by atoms with E-state index in [1.165, 1.54) is 12.8 Å². The molecule has 1 aliphatic carbocycles. The van der Waals surface area contributed by atoms with E-state index in [1.807, 2.05) is 31.1 Å². The summed E-state index contributed by atoms with van der Waals surface area (Å²) in [4.78, 5) is 15.9. The third kappa shape index (κ3) is 3.21. The van der Waals surface area contributed by atoms with Gasteiger partial charge in [-0.05, 0) is 37.8 Å². The Morgan fingerprint density at radius 1 is 0.964 bits per heavy atom. The van der Waals surface area contributed by atoms with Crippen molar-refractivity contribution in [2.75, 3.05) is 41.9 Å². The van der Waals surface area contributed by atoms with Gasteiger partial charge in [-0.1, -0.05) is 0 Å². The summed E-state index contributed by atoms with van der Waals surface area (Å²) >= 11 is 0. The zero-order valence-corrected chi connectivity index (χ0v) is 16.3. The maximum atomic E-state index is 4.64. The van der Waals surface area contributed by atoms with Gasteiger partial charge in [-0.2, -0.15) is 4.52 Å². The first kappa shape index (κ1) is 17.2. The third-order valence-corrected chi connectivity index (χ3v) is 5.63. The van der Waals surface area contributed by atoms with Crippen LogP contribution in [0.2, 0.25) is 0 Å². The standard InChI is InChI=1S/C19H25N9/c1-25(2)18-11-19(21-12-20-18)28(14-3-4-14)15-7-9-26(10-8-15)17-6-5-16-23-22-13-27(16)24-17/h5-6,11-15H,3-4,7-10H2,1-2H3. The second-order valence-corrected chi connectivity index (χ2v) is 7.81. The van der Waals surface area contributed by atoms with E-state index < -0.39 is 0 Å². The molecule has 3 aromatic rings. The molecule has 5 rings (SSSR count). The lowest BCUT2D eigenvalue weighted by Gasteiger charge is -2.40. The van der Waals surface area contributed by atoms with Crippen LogP contribution in [-0.2, 0) is 0 Å². The maximum Gasteiger partial charge on any atom is 0.177 e. The fourth-order valence-corrected chi connectivity index (χ4v) is 4.01. The first-order valence-electron chi connectivity index (χ1n) is 9.89. The van der Waals surface area contributed by atoms with Gasteiger partial charge in [-0.3, -0.25) is 0 Å². The van der Waals surface area contributed by atoms with E-state index in [-0.39, 0.29) is 0 Å². The third-order valence-electron chi connectivity index (χ3n) is 5.63. The van der Waals surface area contributed by atoms with Crippen molar-refractivity contribution in [3.05, 3.63) is 30.9 Å². The fraction of sp³-hybridized carbons (Fsp3) is 0.526. The fourth-order valence-electron chi connectivity index (χ4n) is 4.01. The number of rotatable bonds is 5. The van der Waals surface area contributed by atoms with E-state index in [0.717, 1.165) is 49.0 Å². The Bertz CT molecular complexity index is 957. The minimum atomic E-state index is 0.507. The van der Waals surface area contributed by atoms with Gasteiger partial charge < -0.3 is 14.7 Å². The van der Waals surface area contributed by atoms with E-state index >= 15 is 0 Å². The van der Waals surface area contributed by atoms with E-state index in [4.69, 9.17) is 0 Å². The van der Waals surface area contributed by atoms with Crippen molar-refractivity contribution in [1.82, 2.24) is 29.8 Å². The molecule has 1 saturated carbocycles. The number of nitrogens with zero attached hydrogens (tertiary/aromatic N) is 9. The lowest BCUT2D eigenvalue weighted by Crippen LogP contribution is -2.46. The number of fused-ring (bicyclic) bond motifs is 1. The van der Waals surface area contributed by atoms with Gasteiger partial charge in [0.15, 0.2) is 5.65 Å². The highest BCUT2D eigenvalue weighted by molar-refractivity contribution is 5.52. The zero-order chi connectivity index (χ0) is 19.1. The summed E-state index contributed by atoms with van der Waals surface area (Å²) in [5.74, 6) is 3.00. The smallest absolute Gasteiger partial charge is 0.177 e. The average Bonchev–Trinajstić information content (AvgIpc) is 3.44. The highest BCUT2D eigenvalue weighted by atomic mass is 15.4. The van der Waals surface area contributed by atoms with Crippen LogP contribution in [0.5, 0.6) is 0 Å². The average molecular weight is 379 g/mol. The number of hydrogen-bond donors (Lipinski definition) is 0. The molecule has 1 aliphatic heterocycles. The van der Waals surface area contributed by atoms with Gasteiger partial charge in [0.05, 0.1) is 0 Å². The van der Waals surface area contributed by atoms with E-state index in [1.54, 1.807) is 17.2 Å². The minimum absolute atomic E-state index is 0.507. The predicted molar refractivity (Wildman–Crippen MR) is 108 cm³/mol. The molecule has 9 nitrogen and oxygen atoms in total. The lowest BCUT2D eigenvalue weighted by molar-refractivity contribution is 0.456. The molecule has 0 amide bonds. The molecule has 1 saturated heterocycles. The van der Waals surface area contributed by atoms with Crippen LogP contribution >= 0.6 is 0 Å². The van der Waals surface area contributed by atoms with Crippen LogP contribution in [-0.4, -0.2) is 69.0 Å². The number of hydrogen-bond acceptors (Lipinski definition) is 8. The van der Waals surface area contributed by atoms with Crippen molar-refractivity contribution in [2.45, 2.75) is 37.8 Å². The quantitative estimate of drug-likeness (QED) is 0.662. The molecule has 0 atom stereocenters. The Balaban J connectivity index is 1.32. The van der Waals surface area contributed by atoms with Crippen LogP contribution in [0.15, 0.2) is 30.9 Å². The van der Waals surface area contributed by atoms with Crippen molar-refractivity contribution in [2.24, 2.45) is 0 Å². The highest BCUT2D eigenvalue weighted by Crippen LogP contribution is 2.36. The van der Waals surface area contributed by atoms with Crippen molar-refractivity contribution >= 4 is 23.1 Å². The Morgan fingerprint density at radius 3 is 2.46 bits per heavy atom. The monoisotopic (exact) mass is 379 g/mol. The Labute approximate surface area is 164 Å². The van der Waals surface area contributed by atoms with Crippen LogP contribution in [0.3, 0.4) is 0 Å². The van der Waals surface area contributed by atoms with Crippen LogP contribution < -0.4 is 14.7 Å². The molecule has 0 N–H and O–H groups in total. The maximum absolute atomic E-state index is 4.64. The molecule has 28 heavy (non-hydrogen) atoms. The molecule has 0 bridgehead atoms. The molecule has 3 aromatic heterocycles. The van der Waals surface area contributed by atoms with Crippen LogP contribution in [0.25, 0.3) is 5.65 Å². The largest absolute Gasteiger partial charge is 0.363 e. The van der Waals surface area contributed by atoms with Gasteiger partial charge in [0.25, 0.3) is 0 Å². The Hall–Kier alpha value is -2.97. The summed E-state index contributed by atoms with van der Waals surface area (Å²) in [6.45, 7) is 1.97. The van der Waals surface area contributed by atoms with Crippen molar-refractivity contribution < 1.29 is 0 Å². The molecule has 0 unspecified atom stereocenters. The van der Waals surface area contributed by atoms with Gasteiger partial charge in [-0.25, -0.2) is 9.97 Å². The second kappa shape index (κ2) is 6.88. The normalized spacial score (nSPS) is 17.9. The number of anilines is 3. The zero-order valence-electron chi connectivity index (χ0n) is 16.3. The molecule has 4 heterocycles. The highest BCUT2D eigenvalue weighted by Gasteiger charge is 2.36. The number of aromatic nitrogens is 6. The van der Waals surface area contributed by atoms with E-state index in [2.05, 4.69) is 41.1 Å². The summed E-state index contributed by atoms with van der Waals surface area (Å²) in [6.07, 6.45) is 8.05. The number of piperidine rings is 1. The van der Waals surface area contributed by atoms with Gasteiger partial charge in [0.1, 0.15) is 30.1 Å². The SMILES string of the molecule is CN(C)c1cc(N(C2CC2)C2CCN(c3ccc4nncn4n3)CC2)ncn1. The summed E-state index contributed by atoms with van der Waals surface area (Å²) < 4.78 is 1.74. The predicted octanol–water partition coefficient (Wildman–Crippen LogP) is 1.62. The van der Waals surface area contributed by atoms with Crippen molar-refractivity contribution in [3.8, 4) is 0 Å². The van der Waals surface area contributed by atoms with Crippen LogP contribution in [0.4, 0.5) is 17.5 Å². The summed E-state index contributed by atoms with van der Waals surface area (Å²) in [7, 11) is 4.04. The van der Waals surface area contributed by atoms with Crippen molar-refractivity contribution in [3.63, 3.8) is 0 Å². The minimum Gasteiger partial charge on any atom is -0.363 e. The Kier molecular flexibility index (Phi) is 4.22. The topological polar surface area (TPSA) is 78.6 Å². The van der Waals surface area contributed by atoms with E-state index in [0.29, 0.717) is 12.1 Å². The Morgan fingerprint density at radius 2 is 1.71 bits per heavy atom. The van der Waals surface area contributed by atoms with Gasteiger partial charge in [-0.15, -0.1) is 15.3 Å². The molecule has 0 aromatic carbocycles.